The molecule has 0 aromatic heterocycles. The molecule has 2 aromatic carbocycles. The first-order chi connectivity index (χ1) is 10.4. The topological polar surface area (TPSA) is 20.3 Å². The predicted molar refractivity (Wildman–Crippen MR) is 86.4 cm³/mol. The molecule has 0 atom stereocenters. The van der Waals surface area contributed by atoms with Crippen molar-refractivity contribution in [1.82, 2.24) is 0 Å². The van der Waals surface area contributed by atoms with Crippen molar-refractivity contribution < 1.29 is 13.6 Å². The standard InChI is InChI=1S/C15H9Cl2F2NOS/c1-2-15(21)20(13-5-3-9(18)7-11(13)16)22-14-6-4-10(19)8-12(14)17/h2-8H,1H2. The van der Waals surface area contributed by atoms with Gasteiger partial charge in [0.25, 0.3) is 5.91 Å². The van der Waals surface area contributed by atoms with E-state index in [-0.39, 0.29) is 15.7 Å². The molecule has 22 heavy (non-hydrogen) atoms. The fourth-order valence-electron chi connectivity index (χ4n) is 1.59. The first-order valence-corrected chi connectivity index (χ1v) is 7.50. The molecule has 0 heterocycles. The summed E-state index contributed by atoms with van der Waals surface area (Å²) in [6, 6.07) is 7.42. The minimum atomic E-state index is -0.524. The Morgan fingerprint density at radius 3 is 2.23 bits per heavy atom. The zero-order chi connectivity index (χ0) is 16.3. The molecule has 0 saturated carbocycles. The summed E-state index contributed by atoms with van der Waals surface area (Å²) in [6.07, 6.45) is 1.09. The molecule has 0 spiro atoms. The van der Waals surface area contributed by atoms with E-state index in [0.717, 1.165) is 30.2 Å². The second-order valence-corrected chi connectivity index (χ2v) is 5.90. The Morgan fingerprint density at radius 2 is 1.68 bits per heavy atom. The average molecular weight is 360 g/mol. The van der Waals surface area contributed by atoms with Crippen LogP contribution in [0.3, 0.4) is 0 Å². The summed E-state index contributed by atoms with van der Waals surface area (Å²) >= 11 is 12.9. The minimum Gasteiger partial charge on any atom is -0.268 e. The second-order valence-electron chi connectivity index (χ2n) is 4.10. The van der Waals surface area contributed by atoms with Crippen molar-refractivity contribution in [3.05, 3.63) is 70.7 Å². The van der Waals surface area contributed by atoms with E-state index >= 15 is 0 Å². The van der Waals surface area contributed by atoms with Gasteiger partial charge in [-0.15, -0.1) is 0 Å². The van der Waals surface area contributed by atoms with E-state index in [1.807, 2.05) is 0 Å². The van der Waals surface area contributed by atoms with Crippen molar-refractivity contribution in [3.63, 3.8) is 0 Å². The van der Waals surface area contributed by atoms with Crippen molar-refractivity contribution in [3.8, 4) is 0 Å². The molecule has 0 aliphatic carbocycles. The van der Waals surface area contributed by atoms with Crippen molar-refractivity contribution in [2.24, 2.45) is 0 Å². The maximum Gasteiger partial charge on any atom is 0.260 e. The molecular weight excluding hydrogens is 351 g/mol. The highest BCUT2D eigenvalue weighted by atomic mass is 35.5. The quantitative estimate of drug-likeness (QED) is 0.530. The van der Waals surface area contributed by atoms with Crippen molar-refractivity contribution in [2.45, 2.75) is 4.90 Å². The highest BCUT2D eigenvalue weighted by Gasteiger charge is 2.19. The maximum atomic E-state index is 13.2. The van der Waals surface area contributed by atoms with Crippen LogP contribution in [0.1, 0.15) is 0 Å². The summed E-state index contributed by atoms with van der Waals surface area (Å²) in [5.74, 6) is -1.49. The van der Waals surface area contributed by atoms with Gasteiger partial charge in [0.15, 0.2) is 0 Å². The Hall–Kier alpha value is -1.56. The zero-order valence-corrected chi connectivity index (χ0v) is 13.4. The van der Waals surface area contributed by atoms with Gasteiger partial charge in [-0.05, 0) is 54.4 Å². The van der Waals surface area contributed by atoms with E-state index in [1.165, 1.54) is 28.6 Å². The molecular formula is C15H9Cl2F2NOS. The summed E-state index contributed by atoms with van der Waals surface area (Å²) in [4.78, 5) is 12.5. The Bertz CT molecular complexity index is 739. The molecule has 0 fully saturated rings. The van der Waals surface area contributed by atoms with Gasteiger partial charge < -0.3 is 0 Å². The summed E-state index contributed by atoms with van der Waals surface area (Å²) < 4.78 is 27.4. The SMILES string of the molecule is C=CC(=O)N(Sc1ccc(F)cc1Cl)c1ccc(F)cc1Cl. The lowest BCUT2D eigenvalue weighted by Gasteiger charge is -2.21. The number of hydrogen-bond acceptors (Lipinski definition) is 2. The number of carbonyl (C=O) groups excluding carboxylic acids is 1. The largest absolute Gasteiger partial charge is 0.268 e. The maximum absolute atomic E-state index is 13.2. The van der Waals surface area contributed by atoms with Crippen LogP contribution in [-0.4, -0.2) is 5.91 Å². The van der Waals surface area contributed by atoms with Crippen molar-refractivity contribution in [1.29, 1.82) is 0 Å². The number of nitrogens with zero attached hydrogens (tertiary/aromatic N) is 1. The first-order valence-electron chi connectivity index (χ1n) is 5.97. The zero-order valence-electron chi connectivity index (χ0n) is 11.0. The van der Waals surface area contributed by atoms with Gasteiger partial charge in [0, 0.05) is 4.90 Å². The third kappa shape index (κ3) is 3.80. The molecule has 0 bridgehead atoms. The summed E-state index contributed by atoms with van der Waals surface area (Å²) in [5, 5.41) is 0.200. The second kappa shape index (κ2) is 7.13. The van der Waals surface area contributed by atoms with Crippen LogP contribution in [0.25, 0.3) is 0 Å². The Morgan fingerprint density at radius 1 is 1.09 bits per heavy atom. The molecule has 0 aliphatic rings. The number of anilines is 1. The fourth-order valence-corrected chi connectivity index (χ4v) is 3.06. The lowest BCUT2D eigenvalue weighted by molar-refractivity contribution is -0.113. The molecule has 0 saturated heterocycles. The van der Waals surface area contributed by atoms with Crippen molar-refractivity contribution >= 4 is 46.7 Å². The molecule has 1 amide bonds. The molecule has 0 unspecified atom stereocenters. The number of carbonyl (C=O) groups is 1. The number of hydrogen-bond donors (Lipinski definition) is 0. The van der Waals surface area contributed by atoms with Crippen LogP contribution < -0.4 is 4.31 Å². The average Bonchev–Trinajstić information content (AvgIpc) is 2.47. The van der Waals surface area contributed by atoms with Crippen LogP contribution in [0.2, 0.25) is 10.0 Å². The minimum absolute atomic E-state index is 0.0564. The number of rotatable bonds is 4. The van der Waals surface area contributed by atoms with E-state index in [1.54, 1.807) is 0 Å². The van der Waals surface area contributed by atoms with Gasteiger partial charge in [0.1, 0.15) is 11.6 Å². The van der Waals surface area contributed by atoms with Crippen LogP contribution in [-0.2, 0) is 4.79 Å². The van der Waals surface area contributed by atoms with Gasteiger partial charge in [0.2, 0.25) is 0 Å². The molecule has 0 radical (unpaired) electrons. The van der Waals surface area contributed by atoms with E-state index in [9.17, 15) is 13.6 Å². The third-order valence-corrected chi connectivity index (χ3v) is 4.43. The number of halogens is 4. The molecule has 0 aliphatic heterocycles. The normalized spacial score (nSPS) is 10.4. The van der Waals surface area contributed by atoms with Gasteiger partial charge in [-0.2, -0.15) is 0 Å². The summed E-state index contributed by atoms with van der Waals surface area (Å²) in [7, 11) is 0. The Balaban J connectivity index is 2.42. The highest BCUT2D eigenvalue weighted by Crippen LogP contribution is 2.37. The molecule has 7 heteroatoms. The van der Waals surface area contributed by atoms with Gasteiger partial charge >= 0.3 is 0 Å². The van der Waals surface area contributed by atoms with Crippen LogP contribution in [0.4, 0.5) is 14.5 Å². The Kier molecular flexibility index (Phi) is 5.45. The number of amides is 1. The van der Waals surface area contributed by atoms with Crippen LogP contribution in [0, 0.1) is 11.6 Å². The molecule has 2 aromatic rings. The van der Waals surface area contributed by atoms with E-state index in [2.05, 4.69) is 6.58 Å². The first kappa shape index (κ1) is 16.8. The van der Waals surface area contributed by atoms with Gasteiger partial charge in [0.05, 0.1) is 15.7 Å². The lowest BCUT2D eigenvalue weighted by Crippen LogP contribution is -2.21. The molecule has 2 rings (SSSR count). The van der Waals surface area contributed by atoms with E-state index < -0.39 is 17.5 Å². The fraction of sp³-hybridized carbons (Fsp3) is 0. The Labute approximate surface area is 140 Å². The third-order valence-electron chi connectivity index (χ3n) is 2.59. The molecule has 114 valence electrons. The van der Waals surface area contributed by atoms with Gasteiger partial charge in [-0.3, -0.25) is 4.79 Å². The van der Waals surface area contributed by atoms with Gasteiger partial charge in [-0.25, -0.2) is 13.1 Å². The summed E-state index contributed by atoms with van der Waals surface area (Å²) in [6.45, 7) is 3.42. The van der Waals surface area contributed by atoms with E-state index in [0.29, 0.717) is 4.90 Å². The van der Waals surface area contributed by atoms with E-state index in [4.69, 9.17) is 23.2 Å². The van der Waals surface area contributed by atoms with Crippen LogP contribution in [0.15, 0.2) is 53.9 Å². The molecule has 0 N–H and O–H groups in total. The number of benzene rings is 2. The van der Waals surface area contributed by atoms with Gasteiger partial charge in [-0.1, -0.05) is 29.8 Å². The summed E-state index contributed by atoms with van der Waals surface area (Å²) in [5.41, 5.74) is 0.276. The van der Waals surface area contributed by atoms with Crippen molar-refractivity contribution in [2.75, 3.05) is 4.31 Å². The lowest BCUT2D eigenvalue weighted by atomic mass is 10.3. The van der Waals surface area contributed by atoms with Crippen LogP contribution in [0.5, 0.6) is 0 Å². The predicted octanol–water partition coefficient (Wildman–Crippen LogP) is 5.50. The smallest absolute Gasteiger partial charge is 0.260 e. The molecule has 2 nitrogen and oxygen atoms in total. The van der Waals surface area contributed by atoms with Crippen LogP contribution >= 0.6 is 35.1 Å². The monoisotopic (exact) mass is 359 g/mol. The highest BCUT2D eigenvalue weighted by molar-refractivity contribution is 8.01.